The Balaban J connectivity index is 2.22. The highest BCUT2D eigenvalue weighted by Gasteiger charge is 2.09. The number of aromatic nitrogens is 2. The number of halogens is 2. The molecule has 3 nitrogen and oxygen atoms in total. The second-order valence-electron chi connectivity index (χ2n) is 4.21. The molecule has 0 amide bonds. The molecule has 1 heterocycles. The first-order chi connectivity index (χ1) is 9.19. The van der Waals surface area contributed by atoms with E-state index in [9.17, 15) is 0 Å². The molecule has 0 aliphatic rings. The number of hydrogen-bond donors (Lipinski definition) is 2. The van der Waals surface area contributed by atoms with E-state index < -0.39 is 0 Å². The summed E-state index contributed by atoms with van der Waals surface area (Å²) in [6, 6.07) is 11.5. The summed E-state index contributed by atoms with van der Waals surface area (Å²) in [5.41, 5.74) is 2.91. The molecule has 0 unspecified atom stereocenters. The van der Waals surface area contributed by atoms with Crippen LogP contribution < -0.4 is 5.32 Å². The number of fused-ring (bicyclic) bond motifs is 1. The maximum atomic E-state index is 6.23. The highest BCUT2D eigenvalue weighted by atomic mass is 35.5. The van der Waals surface area contributed by atoms with Gasteiger partial charge in [-0.15, -0.1) is 0 Å². The Morgan fingerprint density at radius 2 is 1.95 bits per heavy atom. The summed E-state index contributed by atoms with van der Waals surface area (Å²) in [7, 11) is 1.84. The van der Waals surface area contributed by atoms with Crippen LogP contribution in [0.4, 0.5) is 5.82 Å². The second kappa shape index (κ2) is 4.76. The molecule has 3 rings (SSSR count). The van der Waals surface area contributed by atoms with Gasteiger partial charge in [0.2, 0.25) is 0 Å². The van der Waals surface area contributed by atoms with Gasteiger partial charge in [-0.25, -0.2) is 0 Å². The van der Waals surface area contributed by atoms with Crippen molar-refractivity contribution in [1.29, 1.82) is 0 Å². The zero-order chi connectivity index (χ0) is 13.4. The first kappa shape index (κ1) is 12.3. The van der Waals surface area contributed by atoms with Crippen molar-refractivity contribution in [3.8, 4) is 11.1 Å². The van der Waals surface area contributed by atoms with Gasteiger partial charge in [0.15, 0.2) is 5.82 Å². The number of nitrogens with zero attached hydrogens (tertiary/aromatic N) is 1. The summed E-state index contributed by atoms with van der Waals surface area (Å²) in [6.07, 6.45) is 0. The lowest BCUT2D eigenvalue weighted by atomic mass is 10.0. The first-order valence-electron chi connectivity index (χ1n) is 5.80. The zero-order valence-corrected chi connectivity index (χ0v) is 11.7. The maximum Gasteiger partial charge on any atom is 0.155 e. The third-order valence-corrected chi connectivity index (χ3v) is 3.60. The van der Waals surface area contributed by atoms with Gasteiger partial charge in [0.1, 0.15) is 0 Å². The van der Waals surface area contributed by atoms with E-state index in [0.29, 0.717) is 10.0 Å². The minimum atomic E-state index is 0.667. The Labute approximate surface area is 120 Å². The Bertz CT molecular complexity index is 750. The number of H-pyrrole nitrogens is 1. The molecule has 2 aromatic carbocycles. The minimum Gasteiger partial charge on any atom is -0.371 e. The molecule has 3 aromatic rings. The monoisotopic (exact) mass is 291 g/mol. The number of benzene rings is 2. The van der Waals surface area contributed by atoms with Crippen LogP contribution in [0.15, 0.2) is 36.4 Å². The standard InChI is InChI=1S/C14H11Cl2N3/c1-17-14-11-6-8(2-5-13(11)18-19-14)10-7-9(15)3-4-12(10)16/h2-7H,1H3,(H2,17,18,19). The van der Waals surface area contributed by atoms with Crippen molar-refractivity contribution < 1.29 is 0 Å². The summed E-state index contributed by atoms with van der Waals surface area (Å²) < 4.78 is 0. The molecule has 96 valence electrons. The van der Waals surface area contributed by atoms with Crippen LogP contribution in [0.5, 0.6) is 0 Å². The Kier molecular flexibility index (Phi) is 3.09. The number of rotatable bonds is 2. The molecule has 0 saturated heterocycles. The van der Waals surface area contributed by atoms with Crippen LogP contribution >= 0.6 is 23.2 Å². The van der Waals surface area contributed by atoms with E-state index in [1.807, 2.05) is 31.3 Å². The molecule has 1 aromatic heterocycles. The van der Waals surface area contributed by atoms with Crippen LogP contribution in [0.2, 0.25) is 10.0 Å². The van der Waals surface area contributed by atoms with Crippen LogP contribution in [0.1, 0.15) is 0 Å². The SMILES string of the molecule is CNc1n[nH]c2ccc(-c3cc(Cl)ccc3Cl)cc12. The third-order valence-electron chi connectivity index (χ3n) is 3.04. The van der Waals surface area contributed by atoms with Gasteiger partial charge in [0.05, 0.1) is 5.52 Å². The van der Waals surface area contributed by atoms with Crippen molar-refractivity contribution in [3.63, 3.8) is 0 Å². The fourth-order valence-corrected chi connectivity index (χ4v) is 2.49. The smallest absolute Gasteiger partial charge is 0.155 e. The predicted octanol–water partition coefficient (Wildman–Crippen LogP) is 4.58. The molecule has 19 heavy (non-hydrogen) atoms. The Morgan fingerprint density at radius 3 is 2.74 bits per heavy atom. The van der Waals surface area contributed by atoms with Gasteiger partial charge >= 0.3 is 0 Å². The van der Waals surface area contributed by atoms with Gasteiger partial charge in [0.25, 0.3) is 0 Å². The molecular weight excluding hydrogens is 281 g/mol. The zero-order valence-electron chi connectivity index (χ0n) is 10.2. The van der Waals surface area contributed by atoms with Gasteiger partial charge in [-0.1, -0.05) is 29.3 Å². The fourth-order valence-electron chi connectivity index (χ4n) is 2.09. The molecule has 0 fully saturated rings. The minimum absolute atomic E-state index is 0.667. The van der Waals surface area contributed by atoms with Crippen LogP contribution in [-0.2, 0) is 0 Å². The molecule has 0 radical (unpaired) electrons. The van der Waals surface area contributed by atoms with Gasteiger partial charge < -0.3 is 5.32 Å². The van der Waals surface area contributed by atoms with E-state index in [4.69, 9.17) is 23.2 Å². The van der Waals surface area contributed by atoms with E-state index in [1.165, 1.54) is 0 Å². The predicted molar refractivity (Wildman–Crippen MR) is 81.1 cm³/mol. The molecule has 0 atom stereocenters. The van der Waals surface area contributed by atoms with Gasteiger partial charge in [0, 0.05) is 28.0 Å². The lowest BCUT2D eigenvalue weighted by molar-refractivity contribution is 1.11. The van der Waals surface area contributed by atoms with Crippen molar-refractivity contribution in [3.05, 3.63) is 46.4 Å². The molecule has 0 saturated carbocycles. The fraction of sp³-hybridized carbons (Fsp3) is 0.0714. The summed E-state index contributed by atoms with van der Waals surface area (Å²) in [5, 5.41) is 12.6. The summed E-state index contributed by atoms with van der Waals surface area (Å²) in [6.45, 7) is 0. The molecule has 0 aliphatic carbocycles. The number of anilines is 1. The summed E-state index contributed by atoms with van der Waals surface area (Å²) in [5.74, 6) is 0.815. The molecule has 2 N–H and O–H groups in total. The first-order valence-corrected chi connectivity index (χ1v) is 6.56. The van der Waals surface area contributed by atoms with Gasteiger partial charge in [-0.05, 0) is 35.9 Å². The molecule has 0 bridgehead atoms. The van der Waals surface area contributed by atoms with Crippen LogP contribution in [-0.4, -0.2) is 17.2 Å². The van der Waals surface area contributed by atoms with Crippen molar-refractivity contribution >= 4 is 39.9 Å². The molecule has 0 aliphatic heterocycles. The highest BCUT2D eigenvalue weighted by Crippen LogP contribution is 2.33. The molecular formula is C14H11Cl2N3. The number of nitrogens with one attached hydrogen (secondary N) is 2. The number of hydrogen-bond acceptors (Lipinski definition) is 2. The second-order valence-corrected chi connectivity index (χ2v) is 5.05. The topological polar surface area (TPSA) is 40.7 Å². The average Bonchev–Trinajstić information content (AvgIpc) is 2.83. The third kappa shape index (κ3) is 2.15. The number of aromatic amines is 1. The molecule has 5 heteroatoms. The van der Waals surface area contributed by atoms with E-state index in [2.05, 4.69) is 15.5 Å². The Hall–Kier alpha value is -1.71. The van der Waals surface area contributed by atoms with Crippen LogP contribution in [0.25, 0.3) is 22.0 Å². The normalized spacial score (nSPS) is 10.9. The van der Waals surface area contributed by atoms with Crippen molar-refractivity contribution in [2.24, 2.45) is 0 Å². The maximum absolute atomic E-state index is 6.23. The highest BCUT2D eigenvalue weighted by molar-refractivity contribution is 6.35. The summed E-state index contributed by atoms with van der Waals surface area (Å²) >= 11 is 12.3. The molecule has 0 spiro atoms. The lowest BCUT2D eigenvalue weighted by Gasteiger charge is -2.06. The van der Waals surface area contributed by atoms with Crippen molar-refractivity contribution in [2.45, 2.75) is 0 Å². The van der Waals surface area contributed by atoms with Crippen LogP contribution in [0, 0.1) is 0 Å². The van der Waals surface area contributed by atoms with E-state index >= 15 is 0 Å². The van der Waals surface area contributed by atoms with Crippen molar-refractivity contribution in [2.75, 3.05) is 12.4 Å². The van der Waals surface area contributed by atoms with Gasteiger partial charge in [-0.3, -0.25) is 5.10 Å². The lowest BCUT2D eigenvalue weighted by Crippen LogP contribution is -1.88. The van der Waals surface area contributed by atoms with E-state index in [-0.39, 0.29) is 0 Å². The van der Waals surface area contributed by atoms with Gasteiger partial charge in [-0.2, -0.15) is 5.10 Å². The van der Waals surface area contributed by atoms with Crippen molar-refractivity contribution in [1.82, 2.24) is 10.2 Å². The van der Waals surface area contributed by atoms with Crippen LogP contribution in [0.3, 0.4) is 0 Å². The summed E-state index contributed by atoms with van der Waals surface area (Å²) in [4.78, 5) is 0. The average molecular weight is 292 g/mol. The Morgan fingerprint density at radius 1 is 1.11 bits per heavy atom. The largest absolute Gasteiger partial charge is 0.371 e. The van der Waals surface area contributed by atoms with E-state index in [1.54, 1.807) is 12.1 Å². The van der Waals surface area contributed by atoms with E-state index in [0.717, 1.165) is 27.8 Å². The quantitative estimate of drug-likeness (QED) is 0.726.